The molecule has 12 nitrogen and oxygen atoms in total. The minimum Gasteiger partial charge on any atom is -0.308 e. The number of thiazole rings is 2. The van der Waals surface area contributed by atoms with Crippen LogP contribution >= 0.6 is 22.7 Å². The van der Waals surface area contributed by atoms with Gasteiger partial charge in [0.25, 0.3) is 0 Å². The van der Waals surface area contributed by atoms with E-state index in [1.165, 1.54) is 18.5 Å². The minimum absolute atomic E-state index is 0.0884. The van der Waals surface area contributed by atoms with Crippen molar-refractivity contribution in [1.29, 1.82) is 0 Å². The predicted octanol–water partition coefficient (Wildman–Crippen LogP) is 6.03. The molecule has 41 heavy (non-hydrogen) atoms. The molecule has 4 N–H and O–H groups in total. The van der Waals surface area contributed by atoms with Crippen molar-refractivity contribution in [3.05, 3.63) is 71.5 Å². The highest BCUT2D eigenvalue weighted by Crippen LogP contribution is 2.44. The molecule has 7 rings (SSSR count). The summed E-state index contributed by atoms with van der Waals surface area (Å²) >= 11 is 2.66. The summed E-state index contributed by atoms with van der Waals surface area (Å²) in [4.78, 5) is 24.8. The second-order valence-electron chi connectivity index (χ2n) is 8.60. The SMILES string of the molecule is FC(F)(F)c1[nH]ncc1-c1nc(Nc2ncccn2)cs1.c1cnc(Nc2csc(-c3cn[nH]c3C3CC3)n2)nc1. The highest BCUT2D eigenvalue weighted by molar-refractivity contribution is 7.13. The van der Waals surface area contributed by atoms with Gasteiger partial charge in [-0.05, 0) is 25.0 Å². The minimum atomic E-state index is -4.51. The zero-order chi connectivity index (χ0) is 28.2. The Morgan fingerprint density at radius 1 is 0.732 bits per heavy atom. The number of nitrogens with zero attached hydrogens (tertiary/aromatic N) is 8. The molecule has 0 radical (unpaired) electrons. The maximum absolute atomic E-state index is 12.8. The summed E-state index contributed by atoms with van der Waals surface area (Å²) in [6, 6.07) is 3.43. The van der Waals surface area contributed by atoms with Crippen LogP contribution in [0.3, 0.4) is 0 Å². The van der Waals surface area contributed by atoms with Gasteiger partial charge in [0, 0.05) is 47.2 Å². The van der Waals surface area contributed by atoms with Crippen LogP contribution < -0.4 is 10.6 Å². The zero-order valence-corrected chi connectivity index (χ0v) is 22.4. The lowest BCUT2D eigenvalue weighted by atomic mass is 10.2. The summed E-state index contributed by atoms with van der Waals surface area (Å²) in [7, 11) is 0. The monoisotopic (exact) mass is 596 g/mol. The second-order valence-corrected chi connectivity index (χ2v) is 10.3. The van der Waals surface area contributed by atoms with E-state index < -0.39 is 11.9 Å². The summed E-state index contributed by atoms with van der Waals surface area (Å²) in [6.45, 7) is 0. The zero-order valence-electron chi connectivity index (χ0n) is 20.8. The van der Waals surface area contributed by atoms with E-state index in [1.54, 1.807) is 53.6 Å². The van der Waals surface area contributed by atoms with Crippen molar-refractivity contribution in [2.24, 2.45) is 0 Å². The van der Waals surface area contributed by atoms with E-state index in [0.717, 1.165) is 33.9 Å². The number of hydrogen-bond acceptors (Lipinski definition) is 12. The van der Waals surface area contributed by atoms with Gasteiger partial charge in [0.05, 0.1) is 23.5 Å². The number of alkyl halides is 3. The quantitative estimate of drug-likeness (QED) is 0.171. The molecule has 0 bridgehead atoms. The third kappa shape index (κ3) is 6.36. The van der Waals surface area contributed by atoms with E-state index in [1.807, 2.05) is 16.7 Å². The van der Waals surface area contributed by atoms with Crippen LogP contribution in [0.5, 0.6) is 0 Å². The van der Waals surface area contributed by atoms with Crippen molar-refractivity contribution in [2.45, 2.75) is 24.9 Å². The van der Waals surface area contributed by atoms with Crippen molar-refractivity contribution in [3.63, 3.8) is 0 Å². The van der Waals surface area contributed by atoms with Crippen LogP contribution in [0, 0.1) is 0 Å². The van der Waals surface area contributed by atoms with Gasteiger partial charge in [0.2, 0.25) is 11.9 Å². The number of anilines is 4. The van der Waals surface area contributed by atoms with Gasteiger partial charge in [-0.25, -0.2) is 29.9 Å². The third-order valence-electron chi connectivity index (χ3n) is 5.66. The molecular weight excluding hydrogens is 577 g/mol. The Kier molecular flexibility index (Phi) is 7.34. The summed E-state index contributed by atoms with van der Waals surface area (Å²) in [5, 5.41) is 23.3. The molecule has 0 aliphatic heterocycles. The summed E-state index contributed by atoms with van der Waals surface area (Å²) in [5.41, 5.74) is 1.32. The number of halogens is 3. The van der Waals surface area contributed by atoms with E-state index in [9.17, 15) is 13.2 Å². The first kappa shape index (κ1) is 26.5. The van der Waals surface area contributed by atoms with Crippen molar-refractivity contribution in [3.8, 4) is 21.1 Å². The Bertz CT molecular complexity index is 1710. The molecule has 6 aromatic heterocycles. The van der Waals surface area contributed by atoms with Crippen molar-refractivity contribution in [2.75, 3.05) is 10.6 Å². The Balaban J connectivity index is 0.000000148. The predicted molar refractivity (Wildman–Crippen MR) is 147 cm³/mol. The van der Waals surface area contributed by atoms with Crippen LogP contribution in [-0.2, 0) is 6.18 Å². The molecule has 0 atom stereocenters. The second kappa shape index (κ2) is 11.4. The highest BCUT2D eigenvalue weighted by Gasteiger charge is 2.36. The molecule has 6 heterocycles. The van der Waals surface area contributed by atoms with Crippen molar-refractivity contribution >= 4 is 46.2 Å². The van der Waals surface area contributed by atoms with E-state index in [2.05, 4.69) is 55.8 Å². The Morgan fingerprint density at radius 2 is 1.24 bits per heavy atom. The van der Waals surface area contributed by atoms with Crippen molar-refractivity contribution < 1.29 is 13.2 Å². The van der Waals surface area contributed by atoms with Gasteiger partial charge >= 0.3 is 6.18 Å². The lowest BCUT2D eigenvalue weighted by molar-refractivity contribution is -0.140. The van der Waals surface area contributed by atoms with Gasteiger partial charge in [-0.1, -0.05) is 0 Å². The normalized spacial score (nSPS) is 13.0. The van der Waals surface area contributed by atoms with Crippen LogP contribution in [0.1, 0.15) is 30.1 Å². The average molecular weight is 597 g/mol. The van der Waals surface area contributed by atoms with Gasteiger partial charge in [0.15, 0.2) is 0 Å². The molecule has 0 spiro atoms. The van der Waals surface area contributed by atoms with E-state index in [4.69, 9.17) is 0 Å². The van der Waals surface area contributed by atoms with E-state index >= 15 is 0 Å². The molecule has 1 aliphatic carbocycles. The average Bonchev–Trinajstić information content (AvgIpc) is 3.43. The van der Waals surface area contributed by atoms with Crippen LogP contribution in [-0.4, -0.2) is 50.3 Å². The molecule has 1 saturated carbocycles. The number of aromatic nitrogens is 10. The lowest BCUT2D eigenvalue weighted by Crippen LogP contribution is -2.07. The fraction of sp³-hybridized carbons (Fsp3) is 0.167. The summed E-state index contributed by atoms with van der Waals surface area (Å²) < 4.78 is 38.4. The first-order chi connectivity index (χ1) is 19.9. The molecule has 6 aromatic rings. The molecule has 17 heteroatoms. The highest BCUT2D eigenvalue weighted by atomic mass is 32.1. The molecule has 1 fully saturated rings. The maximum Gasteiger partial charge on any atom is 0.433 e. The van der Waals surface area contributed by atoms with Gasteiger partial charge in [0.1, 0.15) is 27.3 Å². The van der Waals surface area contributed by atoms with Crippen LogP contribution in [0.2, 0.25) is 0 Å². The molecule has 0 unspecified atom stereocenters. The fourth-order valence-electron chi connectivity index (χ4n) is 3.68. The lowest BCUT2D eigenvalue weighted by Gasteiger charge is -2.04. The third-order valence-corrected chi connectivity index (χ3v) is 7.41. The van der Waals surface area contributed by atoms with Gasteiger partial charge in [-0.15, -0.1) is 22.7 Å². The molecule has 208 valence electrons. The molecule has 0 aromatic carbocycles. The maximum atomic E-state index is 12.8. The number of hydrogen-bond donors (Lipinski definition) is 4. The van der Waals surface area contributed by atoms with Crippen molar-refractivity contribution in [1.82, 2.24) is 50.3 Å². The fourth-order valence-corrected chi connectivity index (χ4v) is 5.22. The number of nitrogens with one attached hydrogen (secondary N) is 4. The van der Waals surface area contributed by atoms with E-state index in [0.29, 0.717) is 23.6 Å². The standard InChI is InChI=1S/C13H12N6S.C11H7F3N6S/c1-4-14-13(15-5-1)18-10-7-20-12(17-10)9-6-16-19-11(9)8-2-3-8;12-11(13,14)8-6(4-17-20-8)9-18-7(5-21-9)19-10-15-2-1-3-16-10/h1,4-8H,2-3H2,(H,16,19)(H,14,15,18);1-5H,(H,17,20)(H,15,16,19). The summed E-state index contributed by atoms with van der Waals surface area (Å²) in [5.74, 6) is 2.64. The summed E-state index contributed by atoms with van der Waals surface area (Å²) in [6.07, 6.45) is 7.41. The first-order valence-corrected chi connectivity index (χ1v) is 13.8. The molecular formula is C24H19F3N12S2. The topological polar surface area (TPSA) is 159 Å². The molecule has 1 aliphatic rings. The first-order valence-electron chi connectivity index (χ1n) is 12.1. The van der Waals surface area contributed by atoms with E-state index in [-0.39, 0.29) is 10.6 Å². The number of H-pyrrole nitrogens is 2. The largest absolute Gasteiger partial charge is 0.433 e. The van der Waals surface area contributed by atoms with Crippen LogP contribution in [0.15, 0.2) is 60.1 Å². The van der Waals surface area contributed by atoms with Gasteiger partial charge in [-0.2, -0.15) is 23.4 Å². The van der Waals surface area contributed by atoms with Gasteiger partial charge < -0.3 is 10.6 Å². The Hall–Kier alpha value is -4.77. The van der Waals surface area contributed by atoms with Crippen LogP contribution in [0.25, 0.3) is 21.1 Å². The number of rotatable bonds is 7. The smallest absolute Gasteiger partial charge is 0.308 e. The number of aromatic amines is 2. The Morgan fingerprint density at radius 3 is 1.78 bits per heavy atom. The van der Waals surface area contributed by atoms with Gasteiger partial charge in [-0.3, -0.25) is 10.2 Å². The van der Waals surface area contributed by atoms with Crippen LogP contribution in [0.4, 0.5) is 36.7 Å². The Labute approximate surface area is 237 Å². The molecule has 0 saturated heterocycles. The molecule has 0 amide bonds.